The van der Waals surface area contributed by atoms with E-state index in [9.17, 15) is 4.79 Å². The minimum Gasteiger partial charge on any atom is -0.512 e. The Morgan fingerprint density at radius 3 is 2.54 bits per heavy atom. The van der Waals surface area contributed by atoms with Crippen molar-refractivity contribution in [2.24, 2.45) is 0 Å². The van der Waals surface area contributed by atoms with Gasteiger partial charge in [0.15, 0.2) is 5.78 Å². The van der Waals surface area contributed by atoms with Gasteiger partial charge in [0.1, 0.15) is 0 Å². The van der Waals surface area contributed by atoms with Gasteiger partial charge in [0.2, 0.25) is 0 Å². The van der Waals surface area contributed by atoms with Gasteiger partial charge in [0.05, 0.1) is 11.5 Å². The molecule has 1 heterocycles. The molecule has 0 spiro atoms. The van der Waals surface area contributed by atoms with E-state index in [0.29, 0.717) is 0 Å². The van der Waals surface area contributed by atoms with Gasteiger partial charge in [0, 0.05) is 37.8 Å². The summed E-state index contributed by atoms with van der Waals surface area (Å²) in [6.45, 7) is 5.04. The molecule has 1 aromatic carbocycles. The van der Waals surface area contributed by atoms with Crippen molar-refractivity contribution >= 4 is 11.9 Å². The predicted molar refractivity (Wildman–Crippen MR) is 92.1 cm³/mol. The molecule has 3 nitrogen and oxygen atoms in total. The summed E-state index contributed by atoms with van der Waals surface area (Å²) in [5.74, 6) is -0.0625. The van der Waals surface area contributed by atoms with Crippen molar-refractivity contribution in [2.75, 3.05) is 0 Å². The summed E-state index contributed by atoms with van der Waals surface area (Å²) >= 11 is 0. The van der Waals surface area contributed by atoms with E-state index in [2.05, 4.69) is 42.3 Å². The largest absolute Gasteiger partial charge is 0.512 e. The Morgan fingerprint density at radius 1 is 1.25 bits per heavy atom. The molecule has 0 fully saturated rings. The summed E-state index contributed by atoms with van der Waals surface area (Å²) in [5, 5.41) is 8.36. The van der Waals surface area contributed by atoms with E-state index in [1.165, 1.54) is 31.1 Å². The zero-order valence-corrected chi connectivity index (χ0v) is 16.3. The molecule has 24 heavy (non-hydrogen) atoms. The first-order chi connectivity index (χ1) is 10.9. The minimum atomic E-state index is -0.127. The van der Waals surface area contributed by atoms with Crippen LogP contribution in [0.1, 0.15) is 37.6 Å². The third-order valence-electron chi connectivity index (χ3n) is 3.61. The van der Waals surface area contributed by atoms with Crippen LogP contribution in [0.25, 0.3) is 6.08 Å². The number of aliphatic hydroxyl groups excluding tert-OH is 1. The van der Waals surface area contributed by atoms with Crippen LogP contribution in [0.3, 0.4) is 0 Å². The van der Waals surface area contributed by atoms with Crippen LogP contribution in [-0.4, -0.2) is 15.9 Å². The molecule has 2 aromatic rings. The zero-order valence-electron chi connectivity index (χ0n) is 13.9. The molecule has 1 aromatic heterocycles. The summed E-state index contributed by atoms with van der Waals surface area (Å²) in [7, 11) is 0. The normalized spacial score (nSPS) is 18.0. The second kappa shape index (κ2) is 8.72. The molecule has 0 bridgehead atoms. The van der Waals surface area contributed by atoms with Crippen molar-refractivity contribution in [3.8, 4) is 0 Å². The number of allylic oxidation sites excluding steroid dienone is 3. The molecule has 1 aliphatic carbocycles. The Hall–Kier alpha value is -2.03. The number of carbonyl (C=O) groups excluding carboxylic acids is 1. The monoisotopic (exact) mass is 499 g/mol. The SMILES string of the molecule is CC(=O)/C=C(/C)O.CC1(c2ccccn2)C=Cc2ccc[c-]c21.[Ir]. The van der Waals surface area contributed by atoms with Crippen molar-refractivity contribution < 1.29 is 30.0 Å². The zero-order chi connectivity index (χ0) is 16.9. The number of fused-ring (bicyclic) bond motifs is 1. The first-order valence-corrected chi connectivity index (χ1v) is 7.43. The second-order valence-electron chi connectivity index (χ2n) is 5.65. The molecule has 0 saturated carbocycles. The number of carbonyl (C=O) groups is 1. The van der Waals surface area contributed by atoms with Gasteiger partial charge in [-0.2, -0.15) is 24.3 Å². The predicted octanol–water partition coefficient (Wildman–Crippen LogP) is 4.25. The number of nitrogens with zero attached hydrogens (tertiary/aromatic N) is 1. The van der Waals surface area contributed by atoms with Gasteiger partial charge in [-0.25, -0.2) is 0 Å². The van der Waals surface area contributed by atoms with Crippen LogP contribution >= 0.6 is 0 Å². The van der Waals surface area contributed by atoms with Crippen molar-refractivity contribution in [1.82, 2.24) is 4.98 Å². The van der Waals surface area contributed by atoms with Crippen molar-refractivity contribution in [3.63, 3.8) is 0 Å². The van der Waals surface area contributed by atoms with Crippen molar-refractivity contribution in [2.45, 2.75) is 26.2 Å². The van der Waals surface area contributed by atoms with Crippen LogP contribution < -0.4 is 0 Å². The van der Waals surface area contributed by atoms with Gasteiger partial charge in [-0.15, -0.1) is 17.2 Å². The molecule has 1 N–H and O–H groups in total. The molecule has 0 amide bonds. The quantitative estimate of drug-likeness (QED) is 0.383. The summed E-state index contributed by atoms with van der Waals surface area (Å²) in [5.41, 5.74) is 3.41. The van der Waals surface area contributed by atoms with Gasteiger partial charge in [0.25, 0.3) is 0 Å². The number of aliphatic hydroxyl groups is 1. The van der Waals surface area contributed by atoms with Gasteiger partial charge in [-0.05, 0) is 32.9 Å². The number of benzene rings is 1. The topological polar surface area (TPSA) is 50.2 Å². The van der Waals surface area contributed by atoms with E-state index >= 15 is 0 Å². The van der Waals surface area contributed by atoms with Crippen molar-refractivity contribution in [1.29, 1.82) is 0 Å². The fourth-order valence-electron chi connectivity index (χ4n) is 2.56. The first-order valence-electron chi connectivity index (χ1n) is 7.43. The number of ketones is 1. The number of pyridine rings is 1. The third kappa shape index (κ3) is 4.73. The first kappa shape index (κ1) is 20.0. The van der Waals surface area contributed by atoms with Gasteiger partial charge < -0.3 is 5.11 Å². The molecular formula is C20H20IrNO2-. The summed E-state index contributed by atoms with van der Waals surface area (Å²) in [6, 6.07) is 15.5. The van der Waals surface area contributed by atoms with Crippen LogP contribution in [0.15, 0.2) is 60.5 Å². The number of aromatic nitrogens is 1. The smallest absolute Gasteiger partial charge is 0.155 e. The molecule has 4 heteroatoms. The Balaban J connectivity index is 0.000000312. The number of hydrogen-bond acceptors (Lipinski definition) is 3. The summed E-state index contributed by atoms with van der Waals surface area (Å²) in [4.78, 5) is 14.5. The molecule has 0 saturated heterocycles. The van der Waals surface area contributed by atoms with Crippen molar-refractivity contribution in [3.05, 3.63) is 83.4 Å². The van der Waals surface area contributed by atoms with E-state index < -0.39 is 0 Å². The Morgan fingerprint density at radius 2 is 2.00 bits per heavy atom. The molecular weight excluding hydrogens is 478 g/mol. The second-order valence-corrected chi connectivity index (χ2v) is 5.65. The maximum absolute atomic E-state index is 10.0. The Labute approximate surface area is 156 Å². The van der Waals surface area contributed by atoms with E-state index in [0.717, 1.165) is 5.69 Å². The van der Waals surface area contributed by atoms with Gasteiger partial charge >= 0.3 is 0 Å². The molecule has 127 valence electrons. The third-order valence-corrected chi connectivity index (χ3v) is 3.61. The van der Waals surface area contributed by atoms with Gasteiger partial charge in [-0.1, -0.05) is 12.1 Å². The summed E-state index contributed by atoms with van der Waals surface area (Å²) in [6.07, 6.45) is 7.37. The fraction of sp³-hybridized carbons (Fsp3) is 0.200. The number of hydrogen-bond donors (Lipinski definition) is 1. The number of rotatable bonds is 2. The van der Waals surface area contributed by atoms with Crippen LogP contribution in [0.2, 0.25) is 0 Å². The molecule has 3 rings (SSSR count). The van der Waals surface area contributed by atoms with Crippen LogP contribution in [0, 0.1) is 6.07 Å². The van der Waals surface area contributed by atoms with Crippen LogP contribution in [-0.2, 0) is 30.3 Å². The van der Waals surface area contributed by atoms with E-state index in [1.54, 1.807) is 0 Å². The van der Waals surface area contributed by atoms with E-state index in [4.69, 9.17) is 5.11 Å². The Bertz CT molecular complexity index is 749. The molecule has 1 radical (unpaired) electrons. The van der Waals surface area contributed by atoms with Crippen LogP contribution in [0.4, 0.5) is 0 Å². The fourth-order valence-corrected chi connectivity index (χ4v) is 2.56. The molecule has 0 aliphatic heterocycles. The van der Waals surface area contributed by atoms with E-state index in [1.807, 2.05) is 30.5 Å². The maximum Gasteiger partial charge on any atom is 0.155 e. The standard InChI is InChI=1S/C15H12N.C5H8O2.Ir/c1-15(14-8-4-5-11-16-14)10-9-12-6-2-3-7-13(12)15;1-4(6)3-5(2)7;/h2-6,8-11H,1H3;3,6H,1-2H3;/q-1;;/b;4-3-;. The maximum atomic E-state index is 10.0. The summed E-state index contributed by atoms with van der Waals surface area (Å²) < 4.78 is 0. The Kier molecular flexibility index (Phi) is 7.27. The van der Waals surface area contributed by atoms with Gasteiger partial charge in [-0.3, -0.25) is 9.78 Å². The van der Waals surface area contributed by atoms with E-state index in [-0.39, 0.29) is 37.1 Å². The molecule has 1 unspecified atom stereocenters. The average Bonchev–Trinajstić information content (AvgIpc) is 2.87. The molecule has 1 aliphatic rings. The average molecular weight is 499 g/mol. The minimum absolute atomic E-state index is 0. The molecule has 1 atom stereocenters. The van der Waals surface area contributed by atoms with Crippen LogP contribution in [0.5, 0.6) is 0 Å².